The van der Waals surface area contributed by atoms with Gasteiger partial charge in [0.1, 0.15) is 0 Å². The largest absolute Gasteiger partial charge is 0.378 e. The SMILES string of the molecule is CCN=C(NC1CC(OCC)C12CCCC2)N1CCN(c2ncccn2)CC1. The summed E-state index contributed by atoms with van der Waals surface area (Å²) >= 11 is 0. The van der Waals surface area contributed by atoms with Gasteiger partial charge in [0.05, 0.1) is 6.10 Å². The van der Waals surface area contributed by atoms with Gasteiger partial charge in [-0.2, -0.15) is 0 Å². The van der Waals surface area contributed by atoms with Crippen LogP contribution in [-0.2, 0) is 4.74 Å². The molecule has 0 radical (unpaired) electrons. The van der Waals surface area contributed by atoms with Gasteiger partial charge >= 0.3 is 0 Å². The molecule has 7 heteroatoms. The van der Waals surface area contributed by atoms with E-state index in [9.17, 15) is 0 Å². The molecule has 1 N–H and O–H groups in total. The molecule has 2 saturated carbocycles. The van der Waals surface area contributed by atoms with E-state index in [4.69, 9.17) is 9.73 Å². The van der Waals surface area contributed by atoms with E-state index in [2.05, 4.69) is 38.9 Å². The van der Waals surface area contributed by atoms with E-state index < -0.39 is 0 Å². The molecule has 1 aromatic heterocycles. The lowest BCUT2D eigenvalue weighted by atomic mass is 9.60. The van der Waals surface area contributed by atoms with E-state index in [-0.39, 0.29) is 0 Å². The van der Waals surface area contributed by atoms with Crippen molar-refractivity contribution in [3.8, 4) is 0 Å². The third-order valence-corrected chi connectivity index (χ3v) is 6.71. The molecule has 7 nitrogen and oxygen atoms in total. The Morgan fingerprint density at radius 2 is 1.89 bits per heavy atom. The van der Waals surface area contributed by atoms with E-state index in [0.29, 0.717) is 17.6 Å². The van der Waals surface area contributed by atoms with Crippen LogP contribution in [0.2, 0.25) is 0 Å². The van der Waals surface area contributed by atoms with E-state index in [1.165, 1.54) is 25.7 Å². The Kier molecular flexibility index (Phi) is 5.99. The van der Waals surface area contributed by atoms with Crippen LogP contribution >= 0.6 is 0 Å². The number of aromatic nitrogens is 2. The smallest absolute Gasteiger partial charge is 0.225 e. The first-order valence-corrected chi connectivity index (χ1v) is 11.0. The molecule has 0 aromatic carbocycles. The highest BCUT2D eigenvalue weighted by Crippen LogP contribution is 2.54. The van der Waals surface area contributed by atoms with Crippen molar-refractivity contribution in [3.05, 3.63) is 18.5 Å². The standard InChI is InChI=1S/C21H34N6O/c1-3-22-20(25-17-16-18(28-4-2)21(17)8-5-6-9-21)27-14-12-26(13-15-27)19-23-10-7-11-24-19/h7,10-11,17-18H,3-6,8-9,12-16H2,1-2H3,(H,22,25). The Morgan fingerprint density at radius 1 is 1.18 bits per heavy atom. The zero-order valence-electron chi connectivity index (χ0n) is 17.3. The van der Waals surface area contributed by atoms with Gasteiger partial charge in [0, 0.05) is 63.2 Å². The first kappa shape index (κ1) is 19.4. The molecular formula is C21H34N6O. The molecule has 4 rings (SSSR count). The number of nitrogens with zero attached hydrogens (tertiary/aromatic N) is 5. The quantitative estimate of drug-likeness (QED) is 0.619. The molecule has 2 atom stereocenters. The fraction of sp³-hybridized carbons (Fsp3) is 0.762. The molecule has 0 bridgehead atoms. The van der Waals surface area contributed by atoms with Crippen LogP contribution in [0.25, 0.3) is 0 Å². The van der Waals surface area contributed by atoms with Crippen molar-refractivity contribution < 1.29 is 4.74 Å². The van der Waals surface area contributed by atoms with E-state index in [1.807, 2.05) is 18.5 Å². The molecule has 1 aliphatic heterocycles. The highest BCUT2D eigenvalue weighted by molar-refractivity contribution is 5.81. The van der Waals surface area contributed by atoms with Gasteiger partial charge in [0.15, 0.2) is 5.96 Å². The molecule has 2 unspecified atom stereocenters. The van der Waals surface area contributed by atoms with Crippen molar-refractivity contribution in [2.75, 3.05) is 44.2 Å². The second-order valence-electron chi connectivity index (χ2n) is 8.14. The third-order valence-electron chi connectivity index (χ3n) is 6.71. The number of nitrogens with one attached hydrogen (secondary N) is 1. The molecule has 154 valence electrons. The number of hydrogen-bond donors (Lipinski definition) is 1. The van der Waals surface area contributed by atoms with Crippen LogP contribution in [-0.4, -0.2) is 72.3 Å². The first-order valence-electron chi connectivity index (χ1n) is 11.0. The maximum atomic E-state index is 6.08. The van der Waals surface area contributed by atoms with Crippen molar-refractivity contribution in [2.45, 2.75) is 58.1 Å². The van der Waals surface area contributed by atoms with Crippen LogP contribution in [0.5, 0.6) is 0 Å². The number of rotatable bonds is 5. The first-order chi connectivity index (χ1) is 13.8. The summed E-state index contributed by atoms with van der Waals surface area (Å²) in [7, 11) is 0. The predicted molar refractivity (Wildman–Crippen MR) is 112 cm³/mol. The summed E-state index contributed by atoms with van der Waals surface area (Å²) in [6, 6.07) is 2.36. The van der Waals surface area contributed by atoms with E-state index >= 15 is 0 Å². The van der Waals surface area contributed by atoms with Crippen molar-refractivity contribution in [1.82, 2.24) is 20.2 Å². The van der Waals surface area contributed by atoms with Crippen molar-refractivity contribution in [3.63, 3.8) is 0 Å². The van der Waals surface area contributed by atoms with Gasteiger partial charge in [-0.1, -0.05) is 12.8 Å². The van der Waals surface area contributed by atoms with Gasteiger partial charge in [-0.15, -0.1) is 0 Å². The van der Waals surface area contributed by atoms with E-state index in [0.717, 1.165) is 57.7 Å². The minimum absolute atomic E-state index is 0.324. The lowest BCUT2D eigenvalue weighted by molar-refractivity contribution is -0.126. The Hall–Kier alpha value is -1.89. The predicted octanol–water partition coefficient (Wildman–Crippen LogP) is 2.30. The molecule has 1 spiro atoms. The molecule has 1 aromatic rings. The van der Waals surface area contributed by atoms with Crippen LogP contribution < -0.4 is 10.2 Å². The maximum absolute atomic E-state index is 6.08. The summed E-state index contributed by atoms with van der Waals surface area (Å²) in [6.45, 7) is 9.58. The second kappa shape index (κ2) is 8.64. The topological polar surface area (TPSA) is 65.9 Å². The minimum atomic E-state index is 0.324. The Morgan fingerprint density at radius 3 is 2.54 bits per heavy atom. The molecule has 0 amide bonds. The number of hydrogen-bond acceptors (Lipinski definition) is 5. The Bertz CT molecular complexity index is 652. The van der Waals surface area contributed by atoms with Crippen molar-refractivity contribution in [2.24, 2.45) is 10.4 Å². The van der Waals surface area contributed by atoms with Gasteiger partial charge in [0.25, 0.3) is 0 Å². The Labute approximate surface area is 168 Å². The van der Waals surface area contributed by atoms with Crippen LogP contribution in [0.3, 0.4) is 0 Å². The van der Waals surface area contributed by atoms with Crippen molar-refractivity contribution >= 4 is 11.9 Å². The van der Waals surface area contributed by atoms with Gasteiger partial charge in [-0.25, -0.2) is 9.97 Å². The van der Waals surface area contributed by atoms with Gasteiger partial charge in [-0.05, 0) is 39.2 Å². The highest BCUT2D eigenvalue weighted by Gasteiger charge is 2.57. The van der Waals surface area contributed by atoms with Crippen LogP contribution in [0.1, 0.15) is 46.0 Å². The Balaban J connectivity index is 1.38. The lowest BCUT2D eigenvalue weighted by Gasteiger charge is -2.55. The fourth-order valence-electron chi connectivity index (χ4n) is 5.20. The van der Waals surface area contributed by atoms with Gasteiger partial charge in [0.2, 0.25) is 5.95 Å². The zero-order valence-corrected chi connectivity index (χ0v) is 17.3. The zero-order chi connectivity index (χ0) is 19.4. The van der Waals surface area contributed by atoms with Crippen molar-refractivity contribution in [1.29, 1.82) is 0 Å². The molecule has 28 heavy (non-hydrogen) atoms. The molecule has 3 aliphatic rings. The summed E-state index contributed by atoms with van der Waals surface area (Å²) in [6.07, 6.45) is 10.4. The molecule has 1 saturated heterocycles. The number of ether oxygens (including phenoxy) is 1. The summed E-state index contributed by atoms with van der Waals surface area (Å²) < 4.78 is 6.08. The average molecular weight is 387 g/mol. The van der Waals surface area contributed by atoms with Gasteiger partial charge in [-0.3, -0.25) is 4.99 Å². The summed E-state index contributed by atoms with van der Waals surface area (Å²) in [5.74, 6) is 1.90. The minimum Gasteiger partial charge on any atom is -0.378 e. The highest BCUT2D eigenvalue weighted by atomic mass is 16.5. The molecule has 3 fully saturated rings. The van der Waals surface area contributed by atoms with Gasteiger partial charge < -0.3 is 19.9 Å². The summed E-state index contributed by atoms with van der Waals surface area (Å²) in [4.78, 5) is 18.3. The monoisotopic (exact) mass is 386 g/mol. The lowest BCUT2D eigenvalue weighted by Crippen LogP contribution is -2.66. The normalized spacial score (nSPS) is 27.1. The fourth-order valence-corrected chi connectivity index (χ4v) is 5.20. The summed E-state index contributed by atoms with van der Waals surface area (Å²) in [5, 5.41) is 3.85. The summed E-state index contributed by atoms with van der Waals surface area (Å²) in [5.41, 5.74) is 0.324. The van der Waals surface area contributed by atoms with Crippen LogP contribution in [0, 0.1) is 5.41 Å². The molecular weight excluding hydrogens is 352 g/mol. The molecule has 2 aliphatic carbocycles. The number of guanidine groups is 1. The number of aliphatic imine (C=N–C) groups is 1. The number of anilines is 1. The van der Waals surface area contributed by atoms with Crippen LogP contribution in [0.4, 0.5) is 5.95 Å². The average Bonchev–Trinajstić information content (AvgIpc) is 3.26. The second-order valence-corrected chi connectivity index (χ2v) is 8.14. The van der Waals surface area contributed by atoms with Crippen LogP contribution in [0.15, 0.2) is 23.5 Å². The maximum Gasteiger partial charge on any atom is 0.225 e. The third kappa shape index (κ3) is 3.69. The van der Waals surface area contributed by atoms with E-state index in [1.54, 1.807) is 0 Å². The number of piperazine rings is 1. The molecule has 2 heterocycles.